The number of carboxylic acids is 2. The Bertz CT molecular complexity index is 8080. The van der Waals surface area contributed by atoms with Gasteiger partial charge in [0.2, 0.25) is 10.0 Å². The highest BCUT2D eigenvalue weighted by Gasteiger charge is 2.74. The summed E-state index contributed by atoms with van der Waals surface area (Å²) in [5.41, 5.74) is 4.34. The Morgan fingerprint density at radius 3 is 0.885 bits per heavy atom. The van der Waals surface area contributed by atoms with E-state index >= 15 is 13.2 Å². The Balaban J connectivity index is 1.06. The van der Waals surface area contributed by atoms with Crippen LogP contribution in [0.2, 0.25) is 0 Å². The lowest BCUT2D eigenvalue weighted by Crippen LogP contribution is -2.56. The fourth-order valence-electron chi connectivity index (χ4n) is 26.1. The van der Waals surface area contributed by atoms with Crippen molar-refractivity contribution >= 4 is 302 Å². The molecule has 2 N–H and O–H groups in total. The minimum absolute atomic E-state index is 0.0198. The molecule has 78 heavy (non-hydrogen) atoms. The number of aromatic carboxylic acids is 1. The Labute approximate surface area is 423 Å². The molecule has 2 bridgehead atoms. The van der Waals surface area contributed by atoms with Gasteiger partial charge in [-0.25, -0.2) is 13.2 Å². The van der Waals surface area contributed by atoms with Crippen LogP contribution in [0.25, 0.3) is 280 Å². The van der Waals surface area contributed by atoms with Crippen LogP contribution in [-0.4, -0.2) is 47.5 Å². The molecule has 28 aromatic carbocycles. The summed E-state index contributed by atoms with van der Waals surface area (Å²) in [7, 11) is -4.69. The van der Waals surface area contributed by atoms with Gasteiger partial charge in [-0.05, 0) is 338 Å². The molecular formula is C70H9NO6S. The van der Waals surface area contributed by atoms with Crippen LogP contribution in [0.3, 0.4) is 0 Å². The lowest BCUT2D eigenvalue weighted by Gasteiger charge is -2.46. The second-order valence-electron chi connectivity index (χ2n) is 27.1. The smallest absolute Gasteiger partial charge is 0.335 e. The van der Waals surface area contributed by atoms with E-state index in [9.17, 15) is 15.0 Å². The summed E-state index contributed by atoms with van der Waals surface area (Å²) in [6.45, 7) is -0.0671. The second kappa shape index (κ2) is 7.08. The number of benzene rings is 18. The lowest BCUT2D eigenvalue weighted by atomic mass is 9.53. The number of aliphatic carboxylic acids is 1. The van der Waals surface area contributed by atoms with Gasteiger partial charge in [0.15, 0.2) is 0 Å². The van der Waals surface area contributed by atoms with E-state index in [0.29, 0.717) is 0 Å². The van der Waals surface area contributed by atoms with Gasteiger partial charge in [0.05, 0.1) is 21.3 Å². The summed E-state index contributed by atoms with van der Waals surface area (Å²) in [4.78, 5) is 28.2. The summed E-state index contributed by atoms with van der Waals surface area (Å²) in [6, 6.07) is 3.97. The molecule has 2 heterocycles. The number of nitrogens with zero attached hydrogens (tertiary/aromatic N) is 1. The highest BCUT2D eigenvalue weighted by molar-refractivity contribution is 7.89. The van der Waals surface area contributed by atoms with E-state index in [-0.39, 0.29) is 17.0 Å². The first-order chi connectivity index (χ1) is 38.3. The van der Waals surface area contributed by atoms with Crippen LogP contribution >= 0.6 is 0 Å². The van der Waals surface area contributed by atoms with Crippen molar-refractivity contribution in [3.8, 4) is 0 Å². The SMILES string of the molecule is O=C(O)c1ccc(S(=O)(=O)N2CC34c5c6c7c8c9c%10c%11c%12c(c3c3c%13c4c4c%14c5c7c5c7c%14c%14c4c4c%13c%13c%15c3c%12c3c%12c%11c%11c9c9c8c5c5c7c7c%14c8c4c%13c4c(c%153)c3c%12c%11c%11c9c5c5c%11c3c4c8c75)C6%10C2C(=O)O)cc1. The van der Waals surface area contributed by atoms with Gasteiger partial charge in [0, 0.05) is 6.54 Å². The van der Waals surface area contributed by atoms with Crippen molar-refractivity contribution < 1.29 is 28.2 Å². The molecule has 336 valence electrons. The van der Waals surface area contributed by atoms with Crippen LogP contribution in [0.15, 0.2) is 29.2 Å². The van der Waals surface area contributed by atoms with Crippen molar-refractivity contribution in [3.63, 3.8) is 0 Å². The minimum atomic E-state index is -4.69. The number of carboxylic acid groups (broad SMARTS) is 2. The van der Waals surface area contributed by atoms with E-state index in [4.69, 9.17) is 0 Å². The molecule has 0 saturated carbocycles. The van der Waals surface area contributed by atoms with Gasteiger partial charge in [-0.1, -0.05) is 0 Å². The maximum absolute atomic E-state index is 16.7. The molecule has 0 amide bonds. The van der Waals surface area contributed by atoms with Gasteiger partial charge >= 0.3 is 11.9 Å². The standard InChI is InChI=1S/C70H9NO6S/c72-67(73)6-1-3-7(4-2-6)78(76,77)71-5-69-60-52-43-36-23-16-10-11-13-9-8-12(10)21(23)27-25-14(8)18-15(9)26-28-22(13)24-17(11)20-19(16)30-38-31(20)40-37(24)44-42(28)46-33(26)35-29(18)34-32(25)45(41(27)43)56(60)58-47(34)48(35)59-57(46)61-53(44)50(40)55-51(38)54(49(52)39(30)36)62(69)64(55)70(61,65(59)63(58)69)66(71)68(74)75/h1-4,66H,5H2,(H,72,73)(H,74,75). The van der Waals surface area contributed by atoms with Gasteiger partial charge in [0.25, 0.3) is 0 Å². The molecular weight excluding hydrogens is 983 g/mol. The summed E-state index contributed by atoms with van der Waals surface area (Å²) in [5, 5.41) is 95.2. The molecule has 7 nitrogen and oxygen atoms in total. The summed E-state index contributed by atoms with van der Waals surface area (Å²) in [5.74, 6) is -2.29. The molecule has 0 saturated heterocycles. The van der Waals surface area contributed by atoms with E-state index in [2.05, 4.69) is 0 Å². The van der Waals surface area contributed by atoms with Gasteiger partial charge in [0.1, 0.15) is 6.04 Å². The third-order valence-electron chi connectivity index (χ3n) is 26.5. The molecule has 2 spiro atoms. The number of hydrogen-bond donors (Lipinski definition) is 2. The van der Waals surface area contributed by atoms with Gasteiger partial charge in [-0.3, -0.25) is 4.79 Å². The molecule has 0 aromatic heterocycles. The van der Waals surface area contributed by atoms with Crippen LogP contribution in [0.1, 0.15) is 43.7 Å². The predicted octanol–water partition coefficient (Wildman–Crippen LogP) is 15.8. The maximum atomic E-state index is 16.7. The third-order valence-corrected chi connectivity index (χ3v) is 28.3. The van der Waals surface area contributed by atoms with E-state index in [1.807, 2.05) is 0 Å². The summed E-state index contributed by atoms with van der Waals surface area (Å²) in [6.07, 6.45) is 0. The van der Waals surface area contributed by atoms with Crippen LogP contribution in [0.5, 0.6) is 0 Å². The number of rotatable bonds is 4. The van der Waals surface area contributed by atoms with Crippen molar-refractivity contribution in [2.75, 3.05) is 6.54 Å². The van der Waals surface area contributed by atoms with E-state index in [0.717, 1.165) is 16.7 Å². The first-order valence-electron chi connectivity index (χ1n) is 27.7. The summed E-state index contributed by atoms with van der Waals surface area (Å²) >= 11 is 0. The molecule has 3 unspecified atom stereocenters. The van der Waals surface area contributed by atoms with Crippen LogP contribution in [0.4, 0.5) is 0 Å². The maximum Gasteiger partial charge on any atom is 0.335 e. The van der Waals surface area contributed by atoms with E-state index in [1.54, 1.807) is 0 Å². The zero-order chi connectivity index (χ0) is 48.0. The molecule has 0 fully saturated rings. The molecule has 7 aliphatic rings. The first kappa shape index (κ1) is 30.9. The molecule has 8 heteroatoms. The molecule has 28 aromatic rings. The Morgan fingerprint density at radius 2 is 0.564 bits per heavy atom. The van der Waals surface area contributed by atoms with Crippen LogP contribution in [0, 0.1) is 0 Å². The van der Waals surface area contributed by atoms with Crippen molar-refractivity contribution in [2.24, 2.45) is 0 Å². The molecule has 5 aliphatic carbocycles. The molecule has 3 atom stereocenters. The highest BCUT2D eigenvalue weighted by Crippen LogP contribution is 2.85. The van der Waals surface area contributed by atoms with Crippen molar-refractivity contribution in [1.29, 1.82) is 0 Å². The quantitative estimate of drug-likeness (QED) is 0.170. The zero-order valence-electron chi connectivity index (χ0n) is 39.0. The number of sulfonamides is 1. The van der Waals surface area contributed by atoms with Gasteiger partial charge in [-0.2, -0.15) is 4.31 Å². The second-order valence-corrected chi connectivity index (χ2v) is 29.0. The highest BCUT2D eigenvalue weighted by atomic mass is 32.2. The topological polar surface area (TPSA) is 112 Å². The Morgan fingerprint density at radius 1 is 0.333 bits per heavy atom. The Kier molecular flexibility index (Phi) is 2.81. The van der Waals surface area contributed by atoms with Gasteiger partial charge in [-0.15, -0.1) is 0 Å². The van der Waals surface area contributed by atoms with E-state index < -0.39 is 38.8 Å². The fraction of sp³-hybridized carbons (Fsp3) is 0.0571. The minimum Gasteiger partial charge on any atom is -0.480 e. The third kappa shape index (κ3) is 1.72. The van der Waals surface area contributed by atoms with Crippen molar-refractivity contribution in [1.82, 2.24) is 4.31 Å². The Hall–Kier alpha value is -9.47. The average molecular weight is 992 g/mol. The first-order valence-corrected chi connectivity index (χ1v) is 29.1. The number of hydrogen-bond acceptors (Lipinski definition) is 4. The number of fused-ring (bicyclic) bond motifs is 2. The normalized spacial score (nSPS) is 22.8. The lowest BCUT2D eigenvalue weighted by molar-refractivity contribution is -0.142. The average Bonchev–Trinajstić information content (AvgIpc) is 1.48. The number of carbonyl (C=O) groups is 2. The van der Waals surface area contributed by atoms with Crippen LogP contribution < -0.4 is 0 Å². The van der Waals surface area contributed by atoms with Gasteiger partial charge < -0.3 is 10.2 Å². The monoisotopic (exact) mass is 991 g/mol. The largest absolute Gasteiger partial charge is 0.480 e. The summed E-state index contributed by atoms with van der Waals surface area (Å²) < 4.78 is 34.9. The zero-order valence-corrected chi connectivity index (χ0v) is 39.8. The fourth-order valence-corrected chi connectivity index (χ4v) is 27.7. The molecule has 35 rings (SSSR count). The van der Waals surface area contributed by atoms with E-state index in [1.165, 1.54) is 325 Å². The van der Waals surface area contributed by atoms with Crippen molar-refractivity contribution in [3.05, 3.63) is 63.2 Å². The van der Waals surface area contributed by atoms with Crippen molar-refractivity contribution in [2.45, 2.75) is 21.8 Å². The molecule has 2 aliphatic heterocycles. The molecule has 0 radical (unpaired) electrons. The van der Waals surface area contributed by atoms with Crippen LogP contribution in [-0.2, 0) is 25.6 Å². The predicted molar refractivity (Wildman–Crippen MR) is 311 cm³/mol.